The molecule has 0 atom stereocenters. The Morgan fingerprint density at radius 3 is 2.40 bits per heavy atom. The number of hydrogen-bond donors (Lipinski definition) is 2. The van der Waals surface area contributed by atoms with Gasteiger partial charge in [-0.1, -0.05) is 31.0 Å². The van der Waals surface area contributed by atoms with Gasteiger partial charge >= 0.3 is 0 Å². The fraction of sp³-hybridized carbons (Fsp3) is 0.300. The van der Waals surface area contributed by atoms with Crippen molar-refractivity contribution in [2.24, 2.45) is 5.92 Å². The van der Waals surface area contributed by atoms with Crippen LogP contribution in [-0.4, -0.2) is 18.9 Å². The van der Waals surface area contributed by atoms with E-state index in [0.717, 1.165) is 31.4 Å². The number of ether oxygens (including phenoxy) is 1. The molecule has 0 heterocycles. The molecule has 25 heavy (non-hydrogen) atoms. The van der Waals surface area contributed by atoms with Crippen LogP contribution in [0.2, 0.25) is 0 Å². The van der Waals surface area contributed by atoms with Crippen LogP contribution in [0.25, 0.3) is 0 Å². The second-order valence-electron chi connectivity index (χ2n) is 6.21. The number of methoxy groups -OCH3 is 1. The number of benzene rings is 2. The number of carbonyl (C=O) groups excluding carboxylic acids is 2. The third-order valence-corrected chi connectivity index (χ3v) is 4.48. The molecule has 0 aliphatic heterocycles. The van der Waals surface area contributed by atoms with Crippen molar-refractivity contribution >= 4 is 23.2 Å². The Morgan fingerprint density at radius 2 is 1.72 bits per heavy atom. The van der Waals surface area contributed by atoms with Crippen LogP contribution in [0.3, 0.4) is 0 Å². The van der Waals surface area contributed by atoms with Crippen molar-refractivity contribution in [3.63, 3.8) is 0 Å². The van der Waals surface area contributed by atoms with E-state index in [1.54, 1.807) is 25.3 Å². The first kappa shape index (κ1) is 17.0. The highest BCUT2D eigenvalue weighted by atomic mass is 16.5. The molecule has 0 unspecified atom stereocenters. The van der Waals surface area contributed by atoms with Crippen LogP contribution in [0.5, 0.6) is 5.75 Å². The van der Waals surface area contributed by atoms with Crippen molar-refractivity contribution in [1.29, 1.82) is 0 Å². The van der Waals surface area contributed by atoms with Gasteiger partial charge < -0.3 is 15.4 Å². The van der Waals surface area contributed by atoms with Crippen LogP contribution in [0.1, 0.15) is 36.0 Å². The third kappa shape index (κ3) is 4.18. The Kier molecular flexibility index (Phi) is 5.33. The minimum Gasteiger partial charge on any atom is -0.495 e. The van der Waals surface area contributed by atoms with E-state index >= 15 is 0 Å². The maximum atomic E-state index is 12.4. The molecule has 1 aliphatic rings. The molecule has 1 saturated carbocycles. The predicted molar refractivity (Wildman–Crippen MR) is 98.0 cm³/mol. The lowest BCUT2D eigenvalue weighted by molar-refractivity contribution is -0.119. The van der Waals surface area contributed by atoms with E-state index in [-0.39, 0.29) is 17.7 Å². The molecule has 2 aromatic rings. The van der Waals surface area contributed by atoms with Gasteiger partial charge in [0.2, 0.25) is 5.91 Å². The quantitative estimate of drug-likeness (QED) is 0.863. The standard InChI is InChI=1S/C20H22N2O3/c1-25-18-12-11-15(20(24)21-16-9-3-2-4-10-16)13-17(18)22-19(23)14-7-5-6-8-14/h2-4,9-14H,5-8H2,1H3,(H,21,24)(H,22,23). The van der Waals surface area contributed by atoms with Gasteiger partial charge in [0.1, 0.15) is 5.75 Å². The van der Waals surface area contributed by atoms with E-state index in [0.29, 0.717) is 17.0 Å². The van der Waals surface area contributed by atoms with Gasteiger partial charge in [-0.3, -0.25) is 9.59 Å². The zero-order chi connectivity index (χ0) is 17.6. The monoisotopic (exact) mass is 338 g/mol. The highest BCUT2D eigenvalue weighted by Crippen LogP contribution is 2.30. The number of rotatable bonds is 5. The highest BCUT2D eigenvalue weighted by Gasteiger charge is 2.23. The molecular formula is C20H22N2O3. The van der Waals surface area contributed by atoms with Gasteiger partial charge in [-0.25, -0.2) is 0 Å². The Hall–Kier alpha value is -2.82. The fourth-order valence-electron chi connectivity index (χ4n) is 3.09. The zero-order valence-electron chi connectivity index (χ0n) is 14.2. The maximum absolute atomic E-state index is 12.4. The SMILES string of the molecule is COc1ccc(C(=O)Nc2ccccc2)cc1NC(=O)C1CCCC1. The lowest BCUT2D eigenvalue weighted by Crippen LogP contribution is -2.21. The molecule has 0 radical (unpaired) electrons. The largest absolute Gasteiger partial charge is 0.495 e. The lowest BCUT2D eigenvalue weighted by Gasteiger charge is -2.14. The first-order valence-corrected chi connectivity index (χ1v) is 8.52. The first-order valence-electron chi connectivity index (χ1n) is 8.52. The van der Waals surface area contributed by atoms with Gasteiger partial charge in [0.15, 0.2) is 0 Å². The Balaban J connectivity index is 1.77. The number of para-hydroxylation sites is 1. The van der Waals surface area contributed by atoms with E-state index in [4.69, 9.17) is 4.74 Å². The third-order valence-electron chi connectivity index (χ3n) is 4.48. The molecule has 0 aromatic heterocycles. The van der Waals surface area contributed by atoms with Crippen molar-refractivity contribution in [2.45, 2.75) is 25.7 Å². The molecule has 0 bridgehead atoms. The van der Waals surface area contributed by atoms with Crippen LogP contribution in [0, 0.1) is 5.92 Å². The van der Waals surface area contributed by atoms with Gasteiger partial charge in [-0.15, -0.1) is 0 Å². The van der Waals surface area contributed by atoms with Crippen LogP contribution in [0.4, 0.5) is 11.4 Å². The lowest BCUT2D eigenvalue weighted by atomic mass is 10.1. The summed E-state index contributed by atoms with van der Waals surface area (Å²) in [6.45, 7) is 0. The summed E-state index contributed by atoms with van der Waals surface area (Å²) in [5, 5.41) is 5.76. The van der Waals surface area contributed by atoms with Crippen molar-refractivity contribution in [1.82, 2.24) is 0 Å². The van der Waals surface area contributed by atoms with Gasteiger partial charge in [-0.2, -0.15) is 0 Å². The maximum Gasteiger partial charge on any atom is 0.255 e. The van der Waals surface area contributed by atoms with Crippen LogP contribution in [0.15, 0.2) is 48.5 Å². The molecule has 2 aromatic carbocycles. The summed E-state index contributed by atoms with van der Waals surface area (Å²) in [6, 6.07) is 14.3. The van der Waals surface area contributed by atoms with Crippen LogP contribution < -0.4 is 15.4 Å². The summed E-state index contributed by atoms with van der Waals surface area (Å²) in [4.78, 5) is 24.8. The van der Waals surface area contributed by atoms with Gasteiger partial charge in [0.25, 0.3) is 5.91 Å². The second kappa shape index (κ2) is 7.83. The molecular weight excluding hydrogens is 316 g/mol. The number of carbonyl (C=O) groups is 2. The van der Waals surface area contributed by atoms with E-state index in [2.05, 4.69) is 10.6 Å². The Bertz CT molecular complexity index is 753. The number of nitrogens with one attached hydrogen (secondary N) is 2. The summed E-state index contributed by atoms with van der Waals surface area (Å²) in [6.07, 6.45) is 4.02. The van der Waals surface area contributed by atoms with E-state index in [1.165, 1.54) is 0 Å². The number of amides is 2. The molecule has 3 rings (SSSR count). The minimum atomic E-state index is -0.231. The summed E-state index contributed by atoms with van der Waals surface area (Å²) in [5.74, 6) is 0.357. The topological polar surface area (TPSA) is 67.4 Å². The molecule has 0 spiro atoms. The van der Waals surface area contributed by atoms with Gasteiger partial charge in [0.05, 0.1) is 12.8 Å². The Labute approximate surface area is 147 Å². The minimum absolute atomic E-state index is 0.00332. The van der Waals surface area contributed by atoms with Crippen LogP contribution in [-0.2, 0) is 4.79 Å². The first-order chi connectivity index (χ1) is 12.2. The van der Waals surface area contributed by atoms with Crippen molar-refractivity contribution in [3.8, 4) is 5.75 Å². The van der Waals surface area contributed by atoms with E-state index < -0.39 is 0 Å². The molecule has 1 fully saturated rings. The number of anilines is 2. The predicted octanol–water partition coefficient (Wildman–Crippen LogP) is 4.08. The summed E-state index contributed by atoms with van der Waals surface area (Å²) >= 11 is 0. The van der Waals surface area contributed by atoms with Gasteiger partial charge in [0, 0.05) is 17.2 Å². The Morgan fingerprint density at radius 1 is 1.00 bits per heavy atom. The summed E-state index contributed by atoms with van der Waals surface area (Å²) < 4.78 is 5.32. The molecule has 5 nitrogen and oxygen atoms in total. The normalized spacial score (nSPS) is 14.1. The van der Waals surface area contributed by atoms with Crippen molar-refractivity contribution < 1.29 is 14.3 Å². The average Bonchev–Trinajstić information content (AvgIpc) is 3.17. The molecule has 130 valence electrons. The van der Waals surface area contributed by atoms with Crippen molar-refractivity contribution in [3.05, 3.63) is 54.1 Å². The second-order valence-corrected chi connectivity index (χ2v) is 6.21. The summed E-state index contributed by atoms with van der Waals surface area (Å²) in [5.41, 5.74) is 1.71. The average molecular weight is 338 g/mol. The van der Waals surface area contributed by atoms with E-state index in [1.807, 2.05) is 30.3 Å². The van der Waals surface area contributed by atoms with Crippen molar-refractivity contribution in [2.75, 3.05) is 17.7 Å². The summed E-state index contributed by atoms with van der Waals surface area (Å²) in [7, 11) is 1.55. The highest BCUT2D eigenvalue weighted by molar-refractivity contribution is 6.06. The molecule has 5 heteroatoms. The molecule has 0 saturated heterocycles. The fourth-order valence-corrected chi connectivity index (χ4v) is 3.09. The molecule has 2 amide bonds. The van der Waals surface area contributed by atoms with E-state index in [9.17, 15) is 9.59 Å². The smallest absolute Gasteiger partial charge is 0.255 e. The van der Waals surface area contributed by atoms with Gasteiger partial charge in [-0.05, 0) is 43.2 Å². The molecule has 1 aliphatic carbocycles. The number of hydrogen-bond acceptors (Lipinski definition) is 3. The van der Waals surface area contributed by atoms with Crippen LogP contribution >= 0.6 is 0 Å². The zero-order valence-corrected chi connectivity index (χ0v) is 14.2. The molecule has 2 N–H and O–H groups in total.